The van der Waals surface area contributed by atoms with Crippen molar-refractivity contribution in [3.05, 3.63) is 28.8 Å². The molecule has 0 aromatic heterocycles. The first-order valence-corrected chi connectivity index (χ1v) is 7.40. The van der Waals surface area contributed by atoms with Gasteiger partial charge in [-0.05, 0) is 44.6 Å². The van der Waals surface area contributed by atoms with Gasteiger partial charge in [0.1, 0.15) is 0 Å². The van der Waals surface area contributed by atoms with Crippen LogP contribution < -0.4 is 5.32 Å². The maximum atomic E-state index is 12.2. The minimum absolute atomic E-state index is 0.482. The van der Waals surface area contributed by atoms with Crippen molar-refractivity contribution in [2.75, 3.05) is 38.5 Å². The van der Waals surface area contributed by atoms with Gasteiger partial charge in [-0.3, -0.25) is 9.59 Å². The van der Waals surface area contributed by atoms with Crippen LogP contribution >= 0.6 is 11.6 Å². The standard InChI is InChI=1S/C15H20ClN3O2/c1-11-12(16)5-3-6-13(11)17-14(20)15(21)19-8-4-7-18(2)9-10-19/h3,5-6H,4,7-10H2,1-2H3,(H,17,20). The zero-order valence-electron chi connectivity index (χ0n) is 12.4. The van der Waals surface area contributed by atoms with E-state index in [1.165, 1.54) is 0 Å². The number of nitrogens with zero attached hydrogens (tertiary/aromatic N) is 2. The third-order valence-electron chi connectivity index (χ3n) is 3.72. The van der Waals surface area contributed by atoms with E-state index >= 15 is 0 Å². The molecule has 1 saturated heterocycles. The fraction of sp³-hybridized carbons (Fsp3) is 0.467. The molecule has 1 N–H and O–H groups in total. The van der Waals surface area contributed by atoms with Gasteiger partial charge < -0.3 is 15.1 Å². The first-order chi connectivity index (χ1) is 9.99. The summed E-state index contributed by atoms with van der Waals surface area (Å²) in [6.45, 7) is 4.74. The van der Waals surface area contributed by atoms with Gasteiger partial charge in [-0.1, -0.05) is 17.7 Å². The normalized spacial score (nSPS) is 16.4. The number of rotatable bonds is 1. The summed E-state index contributed by atoms with van der Waals surface area (Å²) < 4.78 is 0. The first kappa shape index (κ1) is 15.8. The van der Waals surface area contributed by atoms with E-state index < -0.39 is 11.8 Å². The molecule has 0 saturated carbocycles. The lowest BCUT2D eigenvalue weighted by molar-refractivity contribution is -0.143. The Balaban J connectivity index is 2.02. The number of halogens is 1. The molecule has 114 valence electrons. The van der Waals surface area contributed by atoms with Gasteiger partial charge in [0.25, 0.3) is 0 Å². The van der Waals surface area contributed by atoms with Crippen LogP contribution in [0.1, 0.15) is 12.0 Å². The van der Waals surface area contributed by atoms with E-state index in [2.05, 4.69) is 10.2 Å². The van der Waals surface area contributed by atoms with E-state index in [0.29, 0.717) is 23.8 Å². The summed E-state index contributed by atoms with van der Waals surface area (Å²) in [6, 6.07) is 5.23. The summed E-state index contributed by atoms with van der Waals surface area (Å²) in [5.41, 5.74) is 1.34. The van der Waals surface area contributed by atoms with Gasteiger partial charge in [-0.2, -0.15) is 0 Å². The lowest BCUT2D eigenvalue weighted by Gasteiger charge is -2.20. The third kappa shape index (κ3) is 3.95. The number of anilines is 1. The van der Waals surface area contributed by atoms with E-state index in [9.17, 15) is 9.59 Å². The summed E-state index contributed by atoms with van der Waals surface area (Å²) in [6.07, 6.45) is 0.881. The molecule has 0 bridgehead atoms. The molecule has 2 rings (SSSR count). The maximum Gasteiger partial charge on any atom is 0.313 e. The molecule has 2 amide bonds. The largest absolute Gasteiger partial charge is 0.333 e. The summed E-state index contributed by atoms with van der Waals surface area (Å²) in [7, 11) is 2.02. The van der Waals surface area contributed by atoms with E-state index in [-0.39, 0.29) is 0 Å². The van der Waals surface area contributed by atoms with Crippen LogP contribution in [0, 0.1) is 6.92 Å². The second kappa shape index (κ2) is 6.91. The van der Waals surface area contributed by atoms with Crippen LogP contribution in [0.5, 0.6) is 0 Å². The topological polar surface area (TPSA) is 52.7 Å². The van der Waals surface area contributed by atoms with Crippen molar-refractivity contribution in [1.29, 1.82) is 0 Å². The highest BCUT2D eigenvalue weighted by Crippen LogP contribution is 2.22. The van der Waals surface area contributed by atoms with Gasteiger partial charge in [0.05, 0.1) is 0 Å². The van der Waals surface area contributed by atoms with E-state index in [1.54, 1.807) is 23.1 Å². The zero-order valence-corrected chi connectivity index (χ0v) is 13.1. The van der Waals surface area contributed by atoms with Crippen molar-refractivity contribution in [3.63, 3.8) is 0 Å². The van der Waals surface area contributed by atoms with Gasteiger partial charge in [-0.25, -0.2) is 0 Å². The SMILES string of the molecule is Cc1c(Cl)cccc1NC(=O)C(=O)N1CCCN(C)CC1. The average molecular weight is 310 g/mol. The fourth-order valence-corrected chi connectivity index (χ4v) is 2.49. The highest BCUT2D eigenvalue weighted by molar-refractivity contribution is 6.40. The second-order valence-electron chi connectivity index (χ2n) is 5.32. The fourth-order valence-electron chi connectivity index (χ4n) is 2.31. The molecule has 1 heterocycles. The number of carbonyl (C=O) groups excluding carboxylic acids is 2. The molecule has 1 aromatic carbocycles. The Bertz CT molecular complexity index is 548. The van der Waals surface area contributed by atoms with Gasteiger partial charge in [0.2, 0.25) is 0 Å². The van der Waals surface area contributed by atoms with Gasteiger partial charge in [0.15, 0.2) is 0 Å². The van der Waals surface area contributed by atoms with Crippen LogP contribution in [0.15, 0.2) is 18.2 Å². The molecular weight excluding hydrogens is 290 g/mol. The Morgan fingerprint density at radius 3 is 2.71 bits per heavy atom. The van der Waals surface area contributed by atoms with Crippen molar-refractivity contribution >= 4 is 29.1 Å². The Hall–Kier alpha value is -1.59. The van der Waals surface area contributed by atoms with Crippen molar-refractivity contribution in [1.82, 2.24) is 9.80 Å². The predicted octanol–water partition coefficient (Wildman–Crippen LogP) is 1.75. The van der Waals surface area contributed by atoms with Crippen LogP contribution in [0.2, 0.25) is 5.02 Å². The first-order valence-electron chi connectivity index (χ1n) is 7.03. The summed E-state index contributed by atoms with van der Waals surface area (Å²) in [4.78, 5) is 28.1. The molecule has 5 nitrogen and oxygen atoms in total. The van der Waals surface area contributed by atoms with Crippen LogP contribution in [0.3, 0.4) is 0 Å². The average Bonchev–Trinajstić information content (AvgIpc) is 2.68. The molecule has 0 radical (unpaired) electrons. The van der Waals surface area contributed by atoms with Gasteiger partial charge >= 0.3 is 11.8 Å². The van der Waals surface area contributed by atoms with E-state index in [0.717, 1.165) is 25.1 Å². The summed E-state index contributed by atoms with van der Waals surface area (Å²) >= 11 is 6.01. The molecular formula is C15H20ClN3O2. The number of benzene rings is 1. The number of nitrogens with one attached hydrogen (secondary N) is 1. The second-order valence-corrected chi connectivity index (χ2v) is 5.72. The number of hydrogen-bond acceptors (Lipinski definition) is 3. The molecule has 1 aliphatic rings. The lowest BCUT2D eigenvalue weighted by atomic mass is 10.2. The Labute approximate surface area is 129 Å². The Kier molecular flexibility index (Phi) is 5.20. The van der Waals surface area contributed by atoms with Crippen LogP contribution in [-0.2, 0) is 9.59 Å². The van der Waals surface area contributed by atoms with Crippen molar-refractivity contribution in [3.8, 4) is 0 Å². The minimum Gasteiger partial charge on any atom is -0.333 e. The highest BCUT2D eigenvalue weighted by atomic mass is 35.5. The summed E-state index contributed by atoms with van der Waals surface area (Å²) in [5, 5.41) is 3.22. The number of amides is 2. The smallest absolute Gasteiger partial charge is 0.313 e. The molecule has 21 heavy (non-hydrogen) atoms. The van der Waals surface area contributed by atoms with Crippen LogP contribution in [-0.4, -0.2) is 54.8 Å². The summed E-state index contributed by atoms with van der Waals surface area (Å²) in [5.74, 6) is -1.09. The van der Waals surface area contributed by atoms with Crippen molar-refractivity contribution in [2.45, 2.75) is 13.3 Å². The number of carbonyl (C=O) groups is 2. The molecule has 6 heteroatoms. The molecule has 0 unspecified atom stereocenters. The molecule has 0 aliphatic carbocycles. The van der Waals surface area contributed by atoms with E-state index in [1.807, 2.05) is 14.0 Å². The van der Waals surface area contributed by atoms with Crippen molar-refractivity contribution < 1.29 is 9.59 Å². The number of hydrogen-bond donors (Lipinski definition) is 1. The maximum absolute atomic E-state index is 12.2. The quantitative estimate of drug-likeness (QED) is 0.804. The highest BCUT2D eigenvalue weighted by Gasteiger charge is 2.24. The Morgan fingerprint density at radius 2 is 1.95 bits per heavy atom. The van der Waals surface area contributed by atoms with Crippen molar-refractivity contribution in [2.24, 2.45) is 0 Å². The Morgan fingerprint density at radius 1 is 1.19 bits per heavy atom. The predicted molar refractivity (Wildman–Crippen MR) is 83.5 cm³/mol. The molecule has 1 fully saturated rings. The van der Waals surface area contributed by atoms with Gasteiger partial charge in [-0.15, -0.1) is 0 Å². The minimum atomic E-state index is -0.607. The van der Waals surface area contributed by atoms with E-state index in [4.69, 9.17) is 11.6 Å². The third-order valence-corrected chi connectivity index (χ3v) is 4.13. The molecule has 0 spiro atoms. The van der Waals surface area contributed by atoms with Gasteiger partial charge in [0, 0.05) is 30.3 Å². The molecule has 1 aromatic rings. The van der Waals surface area contributed by atoms with Crippen LogP contribution in [0.25, 0.3) is 0 Å². The number of likely N-dealkylation sites (N-methyl/N-ethyl adjacent to an activating group) is 1. The molecule has 1 aliphatic heterocycles. The lowest BCUT2D eigenvalue weighted by Crippen LogP contribution is -2.41. The molecule has 0 atom stereocenters. The monoisotopic (exact) mass is 309 g/mol. The van der Waals surface area contributed by atoms with Crippen LogP contribution in [0.4, 0.5) is 5.69 Å². The zero-order chi connectivity index (χ0) is 15.4.